The third-order valence-corrected chi connectivity index (χ3v) is 5.76. The van der Waals surface area contributed by atoms with E-state index in [1.807, 2.05) is 42.5 Å². The van der Waals surface area contributed by atoms with E-state index in [1.165, 1.54) is 12.8 Å². The Morgan fingerprint density at radius 1 is 0.844 bits per heavy atom. The highest BCUT2D eigenvalue weighted by atomic mass is 16.5. The highest BCUT2D eigenvalue weighted by molar-refractivity contribution is 5.93. The Morgan fingerprint density at radius 2 is 1.62 bits per heavy atom. The molecule has 170 valence electrons. The van der Waals surface area contributed by atoms with Crippen molar-refractivity contribution in [1.29, 1.82) is 0 Å². The molecule has 4 rings (SSSR count). The third kappa shape index (κ3) is 5.07. The first-order chi connectivity index (χ1) is 15.7. The van der Waals surface area contributed by atoms with Crippen molar-refractivity contribution in [3.8, 4) is 34.3 Å². The molecule has 0 bridgehead atoms. The molecule has 1 aromatic heterocycles. The van der Waals surface area contributed by atoms with Gasteiger partial charge in [0, 0.05) is 29.6 Å². The molecule has 0 saturated carbocycles. The molecule has 2 heterocycles. The maximum Gasteiger partial charge on any atom is 0.148 e. The predicted molar refractivity (Wildman–Crippen MR) is 127 cm³/mol. The third-order valence-electron chi connectivity index (χ3n) is 5.76. The van der Waals surface area contributed by atoms with E-state index in [9.17, 15) is 0 Å². The molecule has 0 N–H and O–H groups in total. The number of ether oxygens (including phenoxy) is 4. The topological polar surface area (TPSA) is 53.1 Å². The van der Waals surface area contributed by atoms with E-state index in [4.69, 9.17) is 23.9 Å². The van der Waals surface area contributed by atoms with Gasteiger partial charge in [0.1, 0.15) is 35.1 Å². The number of pyridine rings is 1. The van der Waals surface area contributed by atoms with Crippen LogP contribution in [0.5, 0.6) is 23.0 Å². The van der Waals surface area contributed by atoms with Crippen molar-refractivity contribution in [1.82, 2.24) is 9.88 Å². The second-order valence-electron chi connectivity index (χ2n) is 8.00. The Labute approximate surface area is 190 Å². The van der Waals surface area contributed by atoms with Gasteiger partial charge in [-0.3, -0.25) is 4.90 Å². The van der Waals surface area contributed by atoms with Gasteiger partial charge in [-0.1, -0.05) is 6.92 Å². The summed E-state index contributed by atoms with van der Waals surface area (Å²) >= 11 is 0. The van der Waals surface area contributed by atoms with Gasteiger partial charge in [-0.25, -0.2) is 4.98 Å². The standard InChI is InChI=1S/C26H32N2O4/c1-4-14-31-20-9-7-19(8-10-20)23-18-24(32-15-13-28-11-5-6-12-28)22-16-21(29-2)17-25(30-3)26(22)27-23/h7-10,16-18H,4-6,11-15H2,1-3H3. The van der Waals surface area contributed by atoms with Gasteiger partial charge in [-0.15, -0.1) is 0 Å². The molecule has 1 saturated heterocycles. The largest absolute Gasteiger partial charge is 0.497 e. The number of benzene rings is 2. The summed E-state index contributed by atoms with van der Waals surface area (Å²) in [6.07, 6.45) is 3.53. The molecule has 32 heavy (non-hydrogen) atoms. The minimum absolute atomic E-state index is 0.627. The summed E-state index contributed by atoms with van der Waals surface area (Å²) in [5, 5.41) is 0.884. The van der Waals surface area contributed by atoms with Crippen LogP contribution in [0.1, 0.15) is 26.2 Å². The lowest BCUT2D eigenvalue weighted by atomic mass is 10.1. The van der Waals surface area contributed by atoms with Gasteiger partial charge >= 0.3 is 0 Å². The molecule has 1 fully saturated rings. The van der Waals surface area contributed by atoms with Crippen LogP contribution in [-0.2, 0) is 0 Å². The first-order valence-electron chi connectivity index (χ1n) is 11.4. The van der Waals surface area contributed by atoms with Gasteiger partial charge in [0.2, 0.25) is 0 Å². The minimum atomic E-state index is 0.627. The number of aromatic nitrogens is 1. The summed E-state index contributed by atoms with van der Waals surface area (Å²) in [4.78, 5) is 7.36. The van der Waals surface area contributed by atoms with Crippen LogP contribution in [0, 0.1) is 0 Å². The van der Waals surface area contributed by atoms with Crippen LogP contribution in [0.15, 0.2) is 42.5 Å². The van der Waals surface area contributed by atoms with E-state index in [1.54, 1.807) is 14.2 Å². The highest BCUT2D eigenvalue weighted by Gasteiger charge is 2.16. The summed E-state index contributed by atoms with van der Waals surface area (Å²) in [5.74, 6) is 3.02. The van der Waals surface area contributed by atoms with E-state index < -0.39 is 0 Å². The zero-order valence-corrected chi connectivity index (χ0v) is 19.2. The van der Waals surface area contributed by atoms with Gasteiger partial charge < -0.3 is 18.9 Å². The molecule has 0 radical (unpaired) electrons. The fourth-order valence-electron chi connectivity index (χ4n) is 4.01. The Morgan fingerprint density at radius 3 is 2.31 bits per heavy atom. The van der Waals surface area contributed by atoms with E-state index in [2.05, 4.69) is 11.8 Å². The first kappa shape index (κ1) is 22.2. The molecule has 0 atom stereocenters. The van der Waals surface area contributed by atoms with Crippen LogP contribution in [0.4, 0.5) is 0 Å². The maximum atomic E-state index is 6.30. The molecular weight excluding hydrogens is 404 g/mol. The van der Waals surface area contributed by atoms with Crippen LogP contribution in [0.2, 0.25) is 0 Å². The van der Waals surface area contributed by atoms with Crippen LogP contribution < -0.4 is 18.9 Å². The quantitative estimate of drug-likeness (QED) is 0.436. The number of fused-ring (bicyclic) bond motifs is 1. The van der Waals surface area contributed by atoms with Crippen molar-refractivity contribution in [2.45, 2.75) is 26.2 Å². The summed E-state index contributed by atoms with van der Waals surface area (Å²) < 4.78 is 23.1. The van der Waals surface area contributed by atoms with E-state index in [0.717, 1.165) is 59.7 Å². The number of rotatable bonds is 10. The van der Waals surface area contributed by atoms with E-state index >= 15 is 0 Å². The number of likely N-dealkylation sites (tertiary alicyclic amines) is 1. The SMILES string of the molecule is CCCOc1ccc(-c2cc(OCCN3CCCC3)c3cc(OC)cc(OC)c3n2)cc1. The van der Waals surface area contributed by atoms with Gasteiger partial charge in [0.15, 0.2) is 0 Å². The van der Waals surface area contributed by atoms with Crippen LogP contribution in [0.3, 0.4) is 0 Å². The van der Waals surface area contributed by atoms with Crippen LogP contribution >= 0.6 is 0 Å². The van der Waals surface area contributed by atoms with Crippen molar-refractivity contribution in [2.24, 2.45) is 0 Å². The molecule has 6 nitrogen and oxygen atoms in total. The minimum Gasteiger partial charge on any atom is -0.497 e. The monoisotopic (exact) mass is 436 g/mol. The van der Waals surface area contributed by atoms with Crippen molar-refractivity contribution in [2.75, 3.05) is 47.1 Å². The van der Waals surface area contributed by atoms with Gasteiger partial charge in [0.25, 0.3) is 0 Å². The Hall–Kier alpha value is -2.99. The second-order valence-corrected chi connectivity index (χ2v) is 8.00. The van der Waals surface area contributed by atoms with Crippen molar-refractivity contribution in [3.63, 3.8) is 0 Å². The van der Waals surface area contributed by atoms with Gasteiger partial charge in [0.05, 0.1) is 26.5 Å². The number of nitrogens with zero attached hydrogens (tertiary/aromatic N) is 2. The smallest absolute Gasteiger partial charge is 0.148 e. The second kappa shape index (κ2) is 10.6. The van der Waals surface area contributed by atoms with Crippen molar-refractivity contribution in [3.05, 3.63) is 42.5 Å². The zero-order chi connectivity index (χ0) is 22.3. The summed E-state index contributed by atoms with van der Waals surface area (Å²) in [5.41, 5.74) is 2.59. The van der Waals surface area contributed by atoms with E-state index in [0.29, 0.717) is 24.7 Å². The molecule has 2 aromatic carbocycles. The first-order valence-corrected chi connectivity index (χ1v) is 11.4. The maximum absolute atomic E-state index is 6.30. The summed E-state index contributed by atoms with van der Waals surface area (Å²) in [6, 6.07) is 13.8. The molecule has 0 amide bonds. The Kier molecular flexibility index (Phi) is 7.32. The van der Waals surface area contributed by atoms with Crippen molar-refractivity contribution < 1.29 is 18.9 Å². The van der Waals surface area contributed by atoms with E-state index in [-0.39, 0.29) is 0 Å². The fraction of sp³-hybridized carbons (Fsp3) is 0.423. The molecular formula is C26H32N2O4. The average Bonchev–Trinajstić information content (AvgIpc) is 3.35. The Bertz CT molecular complexity index is 1030. The predicted octanol–water partition coefficient (Wildman–Crippen LogP) is 5.18. The molecule has 0 aliphatic carbocycles. The van der Waals surface area contributed by atoms with Crippen molar-refractivity contribution >= 4 is 10.9 Å². The lowest BCUT2D eigenvalue weighted by molar-refractivity contribution is 0.239. The number of methoxy groups -OCH3 is 2. The molecule has 3 aromatic rings. The van der Waals surface area contributed by atoms with Crippen LogP contribution in [-0.4, -0.2) is 57.0 Å². The molecule has 0 spiro atoms. The summed E-state index contributed by atoms with van der Waals surface area (Å²) in [7, 11) is 3.30. The summed E-state index contributed by atoms with van der Waals surface area (Å²) in [6.45, 7) is 6.66. The lowest BCUT2D eigenvalue weighted by Crippen LogP contribution is -2.25. The van der Waals surface area contributed by atoms with Crippen LogP contribution in [0.25, 0.3) is 22.2 Å². The number of hydrogen-bond acceptors (Lipinski definition) is 6. The molecule has 6 heteroatoms. The zero-order valence-electron chi connectivity index (χ0n) is 19.2. The highest BCUT2D eigenvalue weighted by Crippen LogP contribution is 2.38. The van der Waals surface area contributed by atoms with Gasteiger partial charge in [-0.2, -0.15) is 0 Å². The van der Waals surface area contributed by atoms with Gasteiger partial charge in [-0.05, 0) is 62.7 Å². The lowest BCUT2D eigenvalue weighted by Gasteiger charge is -2.17. The average molecular weight is 437 g/mol. The fourth-order valence-corrected chi connectivity index (χ4v) is 4.01. The molecule has 0 unspecified atom stereocenters. The molecule has 1 aliphatic heterocycles. The molecule has 1 aliphatic rings. The normalized spacial score (nSPS) is 14.0. The Balaban J connectivity index is 1.69. The number of hydrogen-bond donors (Lipinski definition) is 0.